The Hall–Kier alpha value is -0.0600. The predicted molar refractivity (Wildman–Crippen MR) is 63.4 cm³/mol. The third kappa shape index (κ3) is 4.13. The highest BCUT2D eigenvalue weighted by atomic mass is 35.7. The van der Waals surface area contributed by atoms with Gasteiger partial charge in [-0.1, -0.05) is 13.5 Å². The van der Waals surface area contributed by atoms with Crippen LogP contribution in [0.4, 0.5) is 0 Å². The zero-order chi connectivity index (χ0) is 11.5. The van der Waals surface area contributed by atoms with Gasteiger partial charge in [0, 0.05) is 10.7 Å². The lowest BCUT2D eigenvalue weighted by molar-refractivity contribution is 0.193. The van der Waals surface area contributed by atoms with E-state index in [0.29, 0.717) is 12.3 Å². The molecule has 0 aliphatic carbocycles. The molecule has 0 radical (unpaired) electrons. The summed E-state index contributed by atoms with van der Waals surface area (Å²) in [5.74, 6) is 0.425. The van der Waals surface area contributed by atoms with Crippen LogP contribution >= 0.6 is 10.7 Å². The van der Waals surface area contributed by atoms with Gasteiger partial charge in [-0.05, 0) is 44.8 Å². The van der Waals surface area contributed by atoms with Gasteiger partial charge in [0.05, 0.1) is 4.91 Å². The van der Waals surface area contributed by atoms with Gasteiger partial charge in [0.1, 0.15) is 0 Å². The van der Waals surface area contributed by atoms with E-state index in [0.717, 1.165) is 32.5 Å². The number of hydrogen-bond donors (Lipinski definition) is 0. The average Bonchev–Trinajstić information content (AvgIpc) is 2.17. The molecule has 0 aromatic rings. The van der Waals surface area contributed by atoms with E-state index in [1.165, 1.54) is 0 Å². The van der Waals surface area contributed by atoms with Crippen LogP contribution in [0, 0.1) is 5.92 Å². The summed E-state index contributed by atoms with van der Waals surface area (Å²) in [5, 5.41) is 0. The molecule has 1 heterocycles. The number of hydrogen-bond acceptors (Lipinski definition) is 3. The molecule has 0 unspecified atom stereocenters. The van der Waals surface area contributed by atoms with Crippen LogP contribution in [0.2, 0.25) is 0 Å². The lowest BCUT2D eigenvalue weighted by atomic mass is 9.93. The molecular weight excluding hydrogens is 234 g/mol. The molecule has 0 saturated carbocycles. The predicted octanol–water partition coefficient (Wildman–Crippen LogP) is 2.19. The molecule has 0 aromatic carbocycles. The SMILES string of the molecule is C=C(CC1CCN(CC)CC1)S(=O)(=O)Cl. The summed E-state index contributed by atoms with van der Waals surface area (Å²) in [6.07, 6.45) is 2.60. The van der Waals surface area contributed by atoms with Gasteiger partial charge < -0.3 is 4.90 Å². The first kappa shape index (κ1) is 13.0. The Kier molecular flexibility index (Phi) is 4.62. The van der Waals surface area contributed by atoms with Crippen molar-refractivity contribution in [1.82, 2.24) is 4.90 Å². The number of allylic oxidation sites excluding steroid dienone is 1. The van der Waals surface area contributed by atoms with Gasteiger partial charge in [-0.2, -0.15) is 0 Å². The molecule has 1 aliphatic heterocycles. The minimum Gasteiger partial charge on any atom is -0.304 e. The van der Waals surface area contributed by atoms with Crippen molar-refractivity contribution in [3.63, 3.8) is 0 Å². The third-order valence-electron chi connectivity index (χ3n) is 3.02. The van der Waals surface area contributed by atoms with Crippen LogP contribution in [0.5, 0.6) is 0 Å². The van der Waals surface area contributed by atoms with E-state index >= 15 is 0 Å². The van der Waals surface area contributed by atoms with Crippen molar-refractivity contribution in [2.45, 2.75) is 26.2 Å². The zero-order valence-corrected chi connectivity index (χ0v) is 10.6. The van der Waals surface area contributed by atoms with Crippen molar-refractivity contribution in [3.05, 3.63) is 11.5 Å². The van der Waals surface area contributed by atoms with E-state index in [1.807, 2.05) is 0 Å². The molecule has 0 spiro atoms. The maximum atomic E-state index is 11.0. The standard InChI is InChI=1S/C10H18ClNO2S/c1-3-12-6-4-10(5-7-12)8-9(2)15(11,13)14/h10H,2-8H2,1H3. The number of rotatable bonds is 4. The number of nitrogens with zero attached hydrogens (tertiary/aromatic N) is 1. The Morgan fingerprint density at radius 2 is 2.00 bits per heavy atom. The second-order valence-corrected chi connectivity index (χ2v) is 6.73. The molecule has 0 N–H and O–H groups in total. The Bertz CT molecular complexity index is 318. The molecule has 1 fully saturated rings. The van der Waals surface area contributed by atoms with Crippen molar-refractivity contribution in [2.24, 2.45) is 5.92 Å². The van der Waals surface area contributed by atoms with Crippen LogP contribution in [0.15, 0.2) is 11.5 Å². The van der Waals surface area contributed by atoms with E-state index in [-0.39, 0.29) is 4.91 Å². The Labute approximate surface area is 96.5 Å². The highest BCUT2D eigenvalue weighted by Gasteiger charge is 2.22. The summed E-state index contributed by atoms with van der Waals surface area (Å²) < 4.78 is 22.0. The molecule has 15 heavy (non-hydrogen) atoms. The lowest BCUT2D eigenvalue weighted by Gasteiger charge is -2.30. The summed E-state index contributed by atoms with van der Waals surface area (Å²) in [4.78, 5) is 2.54. The molecule has 88 valence electrons. The smallest absolute Gasteiger partial charge is 0.256 e. The average molecular weight is 252 g/mol. The second kappa shape index (κ2) is 5.32. The molecule has 1 aliphatic rings. The molecule has 1 rings (SSSR count). The van der Waals surface area contributed by atoms with E-state index in [2.05, 4.69) is 18.4 Å². The van der Waals surface area contributed by atoms with Gasteiger partial charge in [0.25, 0.3) is 9.05 Å². The molecule has 0 atom stereocenters. The summed E-state index contributed by atoms with van der Waals surface area (Å²) in [6.45, 7) is 8.84. The van der Waals surface area contributed by atoms with Crippen molar-refractivity contribution < 1.29 is 8.42 Å². The maximum Gasteiger partial charge on any atom is 0.256 e. The summed E-state index contributed by atoms with van der Waals surface area (Å²) in [5.41, 5.74) is 0. The normalized spacial score (nSPS) is 20.4. The van der Waals surface area contributed by atoms with Gasteiger partial charge in [0.15, 0.2) is 0 Å². The Morgan fingerprint density at radius 1 is 1.47 bits per heavy atom. The van der Waals surface area contributed by atoms with Gasteiger partial charge >= 0.3 is 0 Å². The molecule has 5 heteroatoms. The zero-order valence-electron chi connectivity index (χ0n) is 9.08. The van der Waals surface area contributed by atoms with Gasteiger partial charge in [-0.15, -0.1) is 0 Å². The molecule has 1 saturated heterocycles. The van der Waals surface area contributed by atoms with Gasteiger partial charge in [-0.3, -0.25) is 0 Å². The minimum absolute atomic E-state index is 0.166. The van der Waals surface area contributed by atoms with Gasteiger partial charge in [0.2, 0.25) is 0 Å². The van der Waals surface area contributed by atoms with Crippen molar-refractivity contribution in [3.8, 4) is 0 Å². The molecule has 3 nitrogen and oxygen atoms in total. The fourth-order valence-corrected chi connectivity index (χ4v) is 2.55. The first-order valence-electron chi connectivity index (χ1n) is 5.28. The van der Waals surface area contributed by atoms with Crippen molar-refractivity contribution >= 4 is 19.7 Å². The largest absolute Gasteiger partial charge is 0.304 e. The summed E-state index contributed by atoms with van der Waals surface area (Å²) >= 11 is 0. The first-order chi connectivity index (χ1) is 6.93. The molecule has 0 aromatic heterocycles. The summed E-state index contributed by atoms with van der Waals surface area (Å²) in [7, 11) is 1.66. The van der Waals surface area contributed by atoms with E-state index in [9.17, 15) is 8.42 Å². The lowest BCUT2D eigenvalue weighted by Crippen LogP contribution is -2.33. The topological polar surface area (TPSA) is 37.4 Å². The monoisotopic (exact) mass is 251 g/mol. The number of piperidine rings is 1. The fourth-order valence-electron chi connectivity index (χ4n) is 1.93. The molecule has 0 amide bonds. The summed E-state index contributed by atoms with van der Waals surface area (Å²) in [6, 6.07) is 0. The Morgan fingerprint density at radius 3 is 2.40 bits per heavy atom. The third-order valence-corrected chi connectivity index (χ3v) is 4.53. The Balaban J connectivity index is 2.40. The number of likely N-dealkylation sites (tertiary alicyclic amines) is 1. The quantitative estimate of drug-likeness (QED) is 0.719. The van der Waals surface area contributed by atoms with Crippen LogP contribution in [-0.4, -0.2) is 33.0 Å². The van der Waals surface area contributed by atoms with Crippen LogP contribution < -0.4 is 0 Å². The molecule has 0 bridgehead atoms. The fraction of sp³-hybridized carbons (Fsp3) is 0.800. The highest BCUT2D eigenvalue weighted by molar-refractivity contribution is 8.16. The first-order valence-corrected chi connectivity index (χ1v) is 7.59. The number of halogens is 1. The van der Waals surface area contributed by atoms with Crippen LogP contribution in [0.1, 0.15) is 26.2 Å². The second-order valence-electron chi connectivity index (χ2n) is 4.06. The van der Waals surface area contributed by atoms with Crippen molar-refractivity contribution in [2.75, 3.05) is 19.6 Å². The van der Waals surface area contributed by atoms with E-state index < -0.39 is 9.05 Å². The molecular formula is C10H18ClNO2S. The van der Waals surface area contributed by atoms with Crippen LogP contribution in [0.25, 0.3) is 0 Å². The van der Waals surface area contributed by atoms with E-state index in [4.69, 9.17) is 10.7 Å². The van der Waals surface area contributed by atoms with Crippen LogP contribution in [-0.2, 0) is 9.05 Å². The minimum atomic E-state index is -3.56. The van der Waals surface area contributed by atoms with Crippen molar-refractivity contribution in [1.29, 1.82) is 0 Å². The van der Waals surface area contributed by atoms with Gasteiger partial charge in [-0.25, -0.2) is 8.42 Å². The van der Waals surface area contributed by atoms with Crippen LogP contribution in [0.3, 0.4) is 0 Å². The highest BCUT2D eigenvalue weighted by Crippen LogP contribution is 2.26. The van der Waals surface area contributed by atoms with E-state index in [1.54, 1.807) is 0 Å². The maximum absolute atomic E-state index is 11.0.